The molecule has 2 aromatic rings. The highest BCUT2D eigenvalue weighted by atomic mass is 32.1. The maximum absolute atomic E-state index is 8.86. The van der Waals surface area contributed by atoms with Gasteiger partial charge in [0.25, 0.3) is 0 Å². The van der Waals surface area contributed by atoms with Crippen LogP contribution in [0.2, 0.25) is 0 Å². The van der Waals surface area contributed by atoms with Crippen molar-refractivity contribution in [3.63, 3.8) is 0 Å². The summed E-state index contributed by atoms with van der Waals surface area (Å²) in [6.07, 6.45) is 2.13. The smallest absolute Gasteiger partial charge is 0.0634 e. The molecule has 3 heteroatoms. The van der Waals surface area contributed by atoms with Gasteiger partial charge in [-0.15, -0.1) is 11.3 Å². The summed E-state index contributed by atoms with van der Waals surface area (Å²) in [6, 6.07) is 14.8. The van der Waals surface area contributed by atoms with Crippen molar-refractivity contribution in [3.05, 3.63) is 57.8 Å². The Bertz CT molecular complexity index is 452. The minimum absolute atomic E-state index is 0.0190. The first kappa shape index (κ1) is 12.3. The molecular formula is C14H17NOS. The Balaban J connectivity index is 1.94. The molecule has 2 N–H and O–H groups in total. The predicted molar refractivity (Wildman–Crippen MR) is 71.5 cm³/mol. The van der Waals surface area contributed by atoms with E-state index in [4.69, 9.17) is 5.21 Å². The molecule has 2 nitrogen and oxygen atoms in total. The molecule has 0 fully saturated rings. The van der Waals surface area contributed by atoms with Crippen molar-refractivity contribution in [2.45, 2.75) is 25.8 Å². The lowest BCUT2D eigenvalue weighted by molar-refractivity contribution is 0.135. The molecule has 0 saturated carbocycles. The van der Waals surface area contributed by atoms with E-state index in [0.717, 1.165) is 12.8 Å². The highest BCUT2D eigenvalue weighted by Crippen LogP contribution is 2.23. The van der Waals surface area contributed by atoms with Gasteiger partial charge in [0.05, 0.1) is 6.04 Å². The fourth-order valence-electron chi connectivity index (χ4n) is 1.74. The number of rotatable bonds is 5. The van der Waals surface area contributed by atoms with E-state index in [1.807, 2.05) is 13.0 Å². The lowest BCUT2D eigenvalue weighted by Gasteiger charge is -2.04. The summed E-state index contributed by atoms with van der Waals surface area (Å²) >= 11 is 1.76. The zero-order valence-electron chi connectivity index (χ0n) is 9.89. The van der Waals surface area contributed by atoms with Crippen molar-refractivity contribution in [1.29, 1.82) is 0 Å². The van der Waals surface area contributed by atoms with Crippen molar-refractivity contribution in [2.75, 3.05) is 0 Å². The molecule has 1 aromatic heterocycles. The molecule has 0 amide bonds. The van der Waals surface area contributed by atoms with Crippen LogP contribution in [0, 0.1) is 0 Å². The van der Waals surface area contributed by atoms with Gasteiger partial charge in [-0.3, -0.25) is 0 Å². The first-order valence-corrected chi connectivity index (χ1v) is 6.63. The van der Waals surface area contributed by atoms with Gasteiger partial charge in [-0.25, -0.2) is 0 Å². The van der Waals surface area contributed by atoms with Gasteiger partial charge >= 0.3 is 0 Å². The van der Waals surface area contributed by atoms with Crippen molar-refractivity contribution in [2.24, 2.45) is 0 Å². The Labute approximate surface area is 106 Å². The van der Waals surface area contributed by atoms with E-state index in [9.17, 15) is 0 Å². The zero-order valence-corrected chi connectivity index (χ0v) is 10.7. The monoisotopic (exact) mass is 247 g/mol. The fourth-order valence-corrected chi connectivity index (χ4v) is 2.75. The highest BCUT2D eigenvalue weighted by Gasteiger charge is 2.07. The van der Waals surface area contributed by atoms with E-state index in [1.165, 1.54) is 15.3 Å². The normalized spacial score (nSPS) is 12.6. The molecule has 2 rings (SSSR count). The van der Waals surface area contributed by atoms with E-state index >= 15 is 0 Å². The molecule has 0 aliphatic heterocycles. The first-order valence-electron chi connectivity index (χ1n) is 5.82. The van der Waals surface area contributed by atoms with Crippen molar-refractivity contribution in [3.8, 4) is 0 Å². The van der Waals surface area contributed by atoms with Crippen LogP contribution in [0.1, 0.15) is 28.3 Å². The molecule has 1 unspecified atom stereocenters. The second kappa shape index (κ2) is 5.96. The van der Waals surface area contributed by atoms with Crippen LogP contribution >= 0.6 is 11.3 Å². The summed E-state index contributed by atoms with van der Waals surface area (Å²) in [6.45, 7) is 1.95. The van der Waals surface area contributed by atoms with Crippen LogP contribution in [0.5, 0.6) is 0 Å². The summed E-state index contributed by atoms with van der Waals surface area (Å²) in [5.41, 5.74) is 3.65. The van der Waals surface area contributed by atoms with Crippen LogP contribution in [-0.4, -0.2) is 5.21 Å². The molecule has 1 heterocycles. The average Bonchev–Trinajstić information content (AvgIpc) is 2.85. The van der Waals surface area contributed by atoms with Crippen LogP contribution in [-0.2, 0) is 12.8 Å². The number of thiophene rings is 1. The van der Waals surface area contributed by atoms with E-state index in [2.05, 4.69) is 41.9 Å². The Hall–Kier alpha value is -1.16. The van der Waals surface area contributed by atoms with Crippen LogP contribution in [0.4, 0.5) is 0 Å². The second-order valence-electron chi connectivity index (χ2n) is 4.14. The van der Waals surface area contributed by atoms with Crippen molar-refractivity contribution < 1.29 is 5.21 Å². The quantitative estimate of drug-likeness (QED) is 0.792. The van der Waals surface area contributed by atoms with Gasteiger partial charge in [-0.05, 0) is 37.5 Å². The topological polar surface area (TPSA) is 32.3 Å². The fraction of sp³-hybridized carbons (Fsp3) is 0.286. The van der Waals surface area contributed by atoms with Gasteiger partial charge in [-0.2, -0.15) is 5.48 Å². The number of hydroxylamine groups is 1. The molecule has 1 atom stereocenters. The number of benzene rings is 1. The molecular weight excluding hydrogens is 230 g/mol. The number of hydrogen-bond acceptors (Lipinski definition) is 3. The SMILES string of the molecule is CC(NO)c1ccc(CCc2ccccc2)s1. The zero-order chi connectivity index (χ0) is 12.1. The van der Waals surface area contributed by atoms with Gasteiger partial charge in [-0.1, -0.05) is 30.3 Å². The summed E-state index contributed by atoms with van der Waals surface area (Å²) in [4.78, 5) is 2.54. The number of aryl methyl sites for hydroxylation is 2. The lowest BCUT2D eigenvalue weighted by Crippen LogP contribution is -2.11. The molecule has 0 spiro atoms. The minimum Gasteiger partial charge on any atom is -0.316 e. The van der Waals surface area contributed by atoms with Gasteiger partial charge in [0, 0.05) is 9.75 Å². The van der Waals surface area contributed by atoms with E-state index < -0.39 is 0 Å². The van der Waals surface area contributed by atoms with Gasteiger partial charge in [0.15, 0.2) is 0 Å². The Morgan fingerprint density at radius 2 is 1.88 bits per heavy atom. The molecule has 0 aliphatic rings. The highest BCUT2D eigenvalue weighted by molar-refractivity contribution is 7.12. The Morgan fingerprint density at radius 3 is 2.59 bits per heavy atom. The van der Waals surface area contributed by atoms with Crippen molar-refractivity contribution >= 4 is 11.3 Å². The van der Waals surface area contributed by atoms with Crippen LogP contribution in [0.3, 0.4) is 0 Å². The van der Waals surface area contributed by atoms with E-state index in [0.29, 0.717) is 0 Å². The Kier molecular flexibility index (Phi) is 4.31. The van der Waals surface area contributed by atoms with Crippen LogP contribution in [0.25, 0.3) is 0 Å². The van der Waals surface area contributed by atoms with Gasteiger partial charge in [0.2, 0.25) is 0 Å². The van der Waals surface area contributed by atoms with E-state index in [-0.39, 0.29) is 6.04 Å². The summed E-state index contributed by atoms with van der Waals surface area (Å²) in [5, 5.41) is 8.86. The van der Waals surface area contributed by atoms with Gasteiger partial charge in [0.1, 0.15) is 0 Å². The van der Waals surface area contributed by atoms with Crippen molar-refractivity contribution in [1.82, 2.24) is 5.48 Å². The third-order valence-electron chi connectivity index (χ3n) is 2.81. The molecule has 0 saturated heterocycles. The Morgan fingerprint density at radius 1 is 1.12 bits per heavy atom. The van der Waals surface area contributed by atoms with Gasteiger partial charge < -0.3 is 5.21 Å². The lowest BCUT2D eigenvalue weighted by atomic mass is 10.1. The number of nitrogens with one attached hydrogen (secondary N) is 1. The molecule has 1 aromatic carbocycles. The maximum Gasteiger partial charge on any atom is 0.0634 e. The maximum atomic E-state index is 8.86. The van der Waals surface area contributed by atoms with Crippen LogP contribution in [0.15, 0.2) is 42.5 Å². The molecule has 0 bridgehead atoms. The predicted octanol–water partition coefficient (Wildman–Crippen LogP) is 3.57. The third-order valence-corrected chi connectivity index (χ3v) is 4.13. The molecule has 0 aliphatic carbocycles. The molecule has 90 valence electrons. The number of hydrogen-bond donors (Lipinski definition) is 2. The standard InChI is InChI=1S/C14H17NOS/c1-11(15-16)14-10-9-13(17-14)8-7-12-5-3-2-4-6-12/h2-6,9-11,15-16H,7-8H2,1H3. The average molecular weight is 247 g/mol. The summed E-state index contributed by atoms with van der Waals surface area (Å²) in [5.74, 6) is 0. The second-order valence-corrected chi connectivity index (χ2v) is 5.34. The third kappa shape index (κ3) is 3.40. The summed E-state index contributed by atoms with van der Waals surface area (Å²) in [7, 11) is 0. The molecule has 0 radical (unpaired) electrons. The minimum atomic E-state index is 0.0190. The van der Waals surface area contributed by atoms with Crippen LogP contribution < -0.4 is 5.48 Å². The largest absolute Gasteiger partial charge is 0.316 e. The molecule has 17 heavy (non-hydrogen) atoms. The summed E-state index contributed by atoms with van der Waals surface area (Å²) < 4.78 is 0. The van der Waals surface area contributed by atoms with E-state index in [1.54, 1.807) is 11.3 Å². The first-order chi connectivity index (χ1) is 8.29.